The van der Waals surface area contributed by atoms with Crippen LogP contribution in [0.4, 0.5) is 5.69 Å². The van der Waals surface area contributed by atoms with Crippen molar-refractivity contribution in [1.82, 2.24) is 19.7 Å². The van der Waals surface area contributed by atoms with E-state index in [9.17, 15) is 4.79 Å². The second-order valence-corrected chi connectivity index (χ2v) is 12.1. The van der Waals surface area contributed by atoms with Crippen molar-refractivity contribution in [1.29, 1.82) is 0 Å². The number of rotatable bonds is 12. The fourth-order valence-electron chi connectivity index (χ4n) is 5.80. The van der Waals surface area contributed by atoms with Crippen molar-refractivity contribution < 1.29 is 4.79 Å². The van der Waals surface area contributed by atoms with Crippen LogP contribution in [-0.2, 0) is 4.79 Å². The molecule has 0 spiro atoms. The van der Waals surface area contributed by atoms with Crippen LogP contribution in [0.15, 0.2) is 54.0 Å². The summed E-state index contributed by atoms with van der Waals surface area (Å²) in [6.45, 7) is 22.2. The van der Waals surface area contributed by atoms with Gasteiger partial charge in [0.2, 0.25) is 5.91 Å². The number of piperazine rings is 1. The first-order valence-corrected chi connectivity index (χ1v) is 15.1. The van der Waals surface area contributed by atoms with Crippen LogP contribution in [0.5, 0.6) is 0 Å². The van der Waals surface area contributed by atoms with Gasteiger partial charge in [0.05, 0.1) is 17.7 Å². The van der Waals surface area contributed by atoms with E-state index < -0.39 is 0 Å². The molecular formula is C34H53N5O. The highest BCUT2D eigenvalue weighted by molar-refractivity contribution is 6.05. The number of nitrogens with one attached hydrogen (secondary N) is 2. The molecule has 0 saturated carbocycles. The van der Waals surface area contributed by atoms with Crippen LogP contribution in [0.2, 0.25) is 0 Å². The summed E-state index contributed by atoms with van der Waals surface area (Å²) in [6, 6.07) is 7.06. The molecule has 2 N–H and O–H groups in total. The largest absolute Gasteiger partial charge is 0.359 e. The van der Waals surface area contributed by atoms with E-state index in [-0.39, 0.29) is 5.91 Å². The van der Waals surface area contributed by atoms with Crippen LogP contribution in [0.1, 0.15) is 79.7 Å². The van der Waals surface area contributed by atoms with Crippen molar-refractivity contribution in [3.63, 3.8) is 0 Å². The third-order valence-electron chi connectivity index (χ3n) is 8.74. The molecule has 1 aliphatic rings. The van der Waals surface area contributed by atoms with E-state index in [2.05, 4.69) is 112 Å². The summed E-state index contributed by atoms with van der Waals surface area (Å²) in [5, 5.41) is 4.33. The summed E-state index contributed by atoms with van der Waals surface area (Å²) in [7, 11) is 4.29. The number of aromatic nitrogens is 1. The molecule has 0 bridgehead atoms. The molecule has 2 unspecified atom stereocenters. The molecular weight excluding hydrogens is 494 g/mol. The summed E-state index contributed by atoms with van der Waals surface area (Å²) >= 11 is 0. The van der Waals surface area contributed by atoms with Gasteiger partial charge in [-0.2, -0.15) is 0 Å². The summed E-state index contributed by atoms with van der Waals surface area (Å²) < 4.78 is 0. The van der Waals surface area contributed by atoms with E-state index in [1.807, 2.05) is 12.1 Å². The third-order valence-corrected chi connectivity index (χ3v) is 8.74. The van der Waals surface area contributed by atoms with Crippen LogP contribution >= 0.6 is 0 Å². The van der Waals surface area contributed by atoms with E-state index in [4.69, 9.17) is 0 Å². The number of fused-ring (bicyclic) bond motifs is 1. The minimum absolute atomic E-state index is 0.0301. The second kappa shape index (κ2) is 14.2. The SMILES string of the molecule is C=C(CCC)N(C)/C(C)=C(\C/C(C)=C\C(C)CC)c1c[nH]c2c(NC(=O)CN3CC(C)N(C)[C@@H](C)C3)cccc12. The Hall–Kier alpha value is -2.83. The van der Waals surface area contributed by atoms with E-state index in [0.717, 1.165) is 61.1 Å². The Bertz CT molecular complexity index is 1230. The Kier molecular flexibility index (Phi) is 11.2. The fourth-order valence-corrected chi connectivity index (χ4v) is 5.80. The van der Waals surface area contributed by atoms with Gasteiger partial charge in [0.25, 0.3) is 0 Å². The summed E-state index contributed by atoms with van der Waals surface area (Å²) in [6.07, 6.45) is 8.54. The number of amides is 1. The molecule has 6 nitrogen and oxygen atoms in total. The quantitative estimate of drug-likeness (QED) is 0.270. The summed E-state index contributed by atoms with van der Waals surface area (Å²) in [5.74, 6) is 0.577. The standard InChI is InChI=1S/C34H53N5O/c1-11-14-25(5)38(10)28(8)30(18-24(4)17-23(3)12-2)31-19-35-34-29(31)15-13-16-32(34)36-33(40)22-39-20-26(6)37(9)27(7)21-39/h13,15-17,19,23,26-27,35H,5,11-12,14,18,20-22H2,1-4,6-10H3,(H,36,40)/b24-17-,30-28+/t23?,26-,27?/m0/s1. The lowest BCUT2D eigenvalue weighted by molar-refractivity contribution is -0.118. The number of H-pyrrole nitrogens is 1. The van der Waals surface area contributed by atoms with Crippen molar-refractivity contribution in [3.05, 3.63) is 59.6 Å². The van der Waals surface area contributed by atoms with E-state index in [1.54, 1.807) is 0 Å². The fraction of sp³-hybridized carbons (Fsp3) is 0.559. The van der Waals surface area contributed by atoms with Gasteiger partial charge in [0.15, 0.2) is 0 Å². The molecule has 1 aromatic carbocycles. The molecule has 0 aliphatic carbocycles. The molecule has 0 radical (unpaired) electrons. The second-order valence-electron chi connectivity index (χ2n) is 12.1. The molecule has 1 aliphatic heterocycles. The number of carbonyl (C=O) groups is 1. The van der Waals surface area contributed by atoms with Gasteiger partial charge in [-0.05, 0) is 65.1 Å². The molecule has 2 aromatic rings. The Labute approximate surface area is 243 Å². The number of hydrogen-bond donors (Lipinski definition) is 2. The number of aromatic amines is 1. The van der Waals surface area contributed by atoms with Crippen LogP contribution in [0, 0.1) is 5.92 Å². The minimum Gasteiger partial charge on any atom is -0.359 e. The van der Waals surface area contributed by atoms with Crippen molar-refractivity contribution in [2.24, 2.45) is 5.92 Å². The predicted octanol–water partition coefficient (Wildman–Crippen LogP) is 7.49. The van der Waals surface area contributed by atoms with Crippen LogP contribution < -0.4 is 5.32 Å². The number of benzene rings is 1. The first kappa shape index (κ1) is 31.7. The van der Waals surface area contributed by atoms with Gasteiger partial charge in [-0.3, -0.25) is 14.6 Å². The number of nitrogens with zero attached hydrogens (tertiary/aromatic N) is 3. The molecule has 40 heavy (non-hydrogen) atoms. The zero-order valence-corrected chi connectivity index (χ0v) is 26.5. The van der Waals surface area contributed by atoms with Crippen molar-refractivity contribution in [2.75, 3.05) is 39.0 Å². The van der Waals surface area contributed by atoms with Gasteiger partial charge in [0, 0.05) is 60.8 Å². The van der Waals surface area contributed by atoms with Gasteiger partial charge in [-0.25, -0.2) is 0 Å². The van der Waals surface area contributed by atoms with Gasteiger partial charge in [0.1, 0.15) is 0 Å². The maximum absolute atomic E-state index is 13.2. The Balaban J connectivity index is 1.93. The zero-order chi connectivity index (χ0) is 29.6. The summed E-state index contributed by atoms with van der Waals surface area (Å²) in [4.78, 5) is 23.6. The van der Waals surface area contributed by atoms with E-state index >= 15 is 0 Å². The van der Waals surface area contributed by atoms with Crippen molar-refractivity contribution in [2.45, 2.75) is 86.2 Å². The van der Waals surface area contributed by atoms with Gasteiger partial charge in [-0.1, -0.05) is 64.0 Å². The van der Waals surface area contributed by atoms with E-state index in [0.29, 0.717) is 24.5 Å². The van der Waals surface area contributed by atoms with E-state index in [1.165, 1.54) is 22.4 Å². The highest BCUT2D eigenvalue weighted by atomic mass is 16.2. The monoisotopic (exact) mass is 547 g/mol. The van der Waals surface area contributed by atoms with Crippen molar-refractivity contribution >= 4 is 28.1 Å². The number of likely N-dealkylation sites (N-methyl/N-ethyl adjacent to an activating group) is 1. The molecule has 6 heteroatoms. The van der Waals surface area contributed by atoms with Gasteiger partial charge >= 0.3 is 0 Å². The third kappa shape index (κ3) is 7.67. The molecule has 1 amide bonds. The molecule has 1 aromatic heterocycles. The molecule has 3 rings (SSSR count). The Morgan fingerprint density at radius 3 is 2.52 bits per heavy atom. The van der Waals surface area contributed by atoms with Gasteiger partial charge < -0.3 is 15.2 Å². The van der Waals surface area contributed by atoms with Crippen LogP contribution in [0.3, 0.4) is 0 Å². The Morgan fingerprint density at radius 2 is 1.90 bits per heavy atom. The lowest BCUT2D eigenvalue weighted by Gasteiger charge is -2.42. The molecule has 2 heterocycles. The van der Waals surface area contributed by atoms with Crippen molar-refractivity contribution in [3.8, 4) is 0 Å². The Morgan fingerprint density at radius 1 is 1.23 bits per heavy atom. The number of para-hydroxylation sites is 1. The smallest absolute Gasteiger partial charge is 0.238 e. The van der Waals surface area contributed by atoms with Crippen LogP contribution in [0.25, 0.3) is 16.5 Å². The predicted molar refractivity (Wildman–Crippen MR) is 172 cm³/mol. The summed E-state index contributed by atoms with van der Waals surface area (Å²) in [5.41, 5.74) is 7.97. The zero-order valence-electron chi connectivity index (χ0n) is 26.5. The average Bonchev–Trinajstić information content (AvgIpc) is 3.34. The molecule has 1 saturated heterocycles. The first-order valence-electron chi connectivity index (χ1n) is 15.1. The average molecular weight is 548 g/mol. The molecule has 1 fully saturated rings. The first-order chi connectivity index (χ1) is 19.0. The number of allylic oxidation sites excluding steroid dienone is 5. The number of hydrogen-bond acceptors (Lipinski definition) is 4. The molecule has 3 atom stereocenters. The minimum atomic E-state index is 0.0301. The maximum atomic E-state index is 13.2. The normalized spacial score (nSPS) is 20.4. The lowest BCUT2D eigenvalue weighted by atomic mass is 9.93. The van der Waals surface area contributed by atoms with Crippen LogP contribution in [-0.4, -0.2) is 71.4 Å². The highest BCUT2D eigenvalue weighted by Gasteiger charge is 2.27. The maximum Gasteiger partial charge on any atom is 0.238 e. The molecule has 220 valence electrons. The lowest BCUT2D eigenvalue weighted by Crippen LogP contribution is -2.56. The number of anilines is 1. The van der Waals surface area contributed by atoms with Gasteiger partial charge in [-0.15, -0.1) is 0 Å². The highest BCUT2D eigenvalue weighted by Crippen LogP contribution is 2.36. The number of carbonyl (C=O) groups excluding carboxylic acids is 1. The topological polar surface area (TPSA) is 54.6 Å².